The minimum absolute atomic E-state index is 0.0507. The van der Waals surface area contributed by atoms with Gasteiger partial charge in [-0.2, -0.15) is 0 Å². The Hall–Kier alpha value is -8.72. The standard InChI is InChI=1S/C67H48N2/c1-67(2)62-22-9-5-18-58(62)59-43-36-51(44-63(59)67)47-32-39-53(40-33-47)68(54-41-34-49(35-42-54)56-21-13-15-48-14-3-4-16-55(48)56)52-37-30-46(31-38-52)45-26-28-50(29-27-45)57-17-6-10-23-64(57)69-65-24-11-7-19-60(65)61-20-8-12-25-66(61)69/h3-44H,1-2H3. The van der Waals surface area contributed by atoms with Crippen molar-refractivity contribution < 1.29 is 0 Å². The molecule has 0 aliphatic heterocycles. The van der Waals surface area contributed by atoms with Crippen LogP contribution in [0.4, 0.5) is 17.1 Å². The van der Waals surface area contributed by atoms with Gasteiger partial charge in [0.25, 0.3) is 0 Å². The van der Waals surface area contributed by atoms with Crippen LogP contribution in [0.1, 0.15) is 25.0 Å². The van der Waals surface area contributed by atoms with Crippen LogP contribution in [0, 0.1) is 0 Å². The molecule has 0 fully saturated rings. The Balaban J connectivity index is 0.840. The Bertz CT molecular complexity index is 3830. The maximum atomic E-state index is 2.41. The van der Waals surface area contributed by atoms with Crippen molar-refractivity contribution in [2.24, 2.45) is 0 Å². The van der Waals surface area contributed by atoms with E-state index in [1.54, 1.807) is 0 Å². The summed E-state index contributed by atoms with van der Waals surface area (Å²) in [6.45, 7) is 4.70. The van der Waals surface area contributed by atoms with Crippen molar-refractivity contribution in [3.05, 3.63) is 266 Å². The van der Waals surface area contributed by atoms with Gasteiger partial charge in [-0.1, -0.05) is 208 Å². The van der Waals surface area contributed by atoms with Crippen LogP contribution in [0.2, 0.25) is 0 Å². The van der Waals surface area contributed by atoms with Gasteiger partial charge >= 0.3 is 0 Å². The summed E-state index contributed by atoms with van der Waals surface area (Å²) in [5.74, 6) is 0. The van der Waals surface area contributed by atoms with Gasteiger partial charge in [0.1, 0.15) is 0 Å². The Morgan fingerprint density at radius 3 is 1.38 bits per heavy atom. The second-order valence-corrected chi connectivity index (χ2v) is 18.9. The average Bonchev–Trinajstić information content (AvgIpc) is 3.87. The number of hydrogen-bond acceptors (Lipinski definition) is 1. The topological polar surface area (TPSA) is 8.17 Å². The molecule has 0 radical (unpaired) electrons. The van der Waals surface area contributed by atoms with Gasteiger partial charge in [0.2, 0.25) is 0 Å². The zero-order valence-electron chi connectivity index (χ0n) is 38.6. The molecule has 1 aliphatic rings. The van der Waals surface area contributed by atoms with Gasteiger partial charge in [-0.3, -0.25) is 0 Å². The first-order chi connectivity index (χ1) is 34.0. The fourth-order valence-corrected chi connectivity index (χ4v) is 11.1. The van der Waals surface area contributed by atoms with E-state index in [1.807, 2.05) is 0 Å². The molecule has 1 aromatic heterocycles. The molecular formula is C67H48N2. The molecule has 2 nitrogen and oxygen atoms in total. The molecule has 0 bridgehead atoms. The van der Waals surface area contributed by atoms with Crippen molar-refractivity contribution in [3.63, 3.8) is 0 Å². The maximum Gasteiger partial charge on any atom is 0.0541 e. The van der Waals surface area contributed by atoms with Crippen LogP contribution in [-0.2, 0) is 5.41 Å². The zero-order valence-corrected chi connectivity index (χ0v) is 38.6. The second kappa shape index (κ2) is 16.3. The normalized spacial score (nSPS) is 12.6. The lowest BCUT2D eigenvalue weighted by molar-refractivity contribution is 0.660. The van der Waals surface area contributed by atoms with Crippen molar-refractivity contribution in [1.29, 1.82) is 0 Å². The monoisotopic (exact) mass is 880 g/mol. The minimum atomic E-state index is -0.0507. The van der Waals surface area contributed by atoms with E-state index >= 15 is 0 Å². The number of aromatic nitrogens is 1. The summed E-state index contributed by atoms with van der Waals surface area (Å²) < 4.78 is 2.41. The molecule has 0 spiro atoms. The largest absolute Gasteiger partial charge is 0.311 e. The number of para-hydroxylation sites is 3. The molecule has 0 amide bonds. The quantitative estimate of drug-likeness (QED) is 0.148. The summed E-state index contributed by atoms with van der Waals surface area (Å²) in [5.41, 5.74) is 21.9. The van der Waals surface area contributed by atoms with Crippen LogP contribution in [0.15, 0.2) is 255 Å². The third kappa shape index (κ3) is 6.79. The first-order valence-corrected chi connectivity index (χ1v) is 24.0. The number of fused-ring (bicyclic) bond motifs is 7. The predicted molar refractivity (Wildman–Crippen MR) is 292 cm³/mol. The van der Waals surface area contributed by atoms with Crippen molar-refractivity contribution in [2.45, 2.75) is 19.3 Å². The molecule has 0 saturated heterocycles. The lowest BCUT2D eigenvalue weighted by atomic mass is 9.81. The molecule has 12 aromatic rings. The Kier molecular flexibility index (Phi) is 9.55. The molecule has 326 valence electrons. The van der Waals surface area contributed by atoms with Crippen LogP contribution in [0.25, 0.3) is 93.9 Å². The van der Waals surface area contributed by atoms with E-state index in [9.17, 15) is 0 Å². The molecule has 11 aromatic carbocycles. The molecule has 0 N–H and O–H groups in total. The molecule has 0 unspecified atom stereocenters. The molecule has 1 heterocycles. The number of benzene rings is 11. The molecular weight excluding hydrogens is 833 g/mol. The molecule has 13 rings (SSSR count). The lowest BCUT2D eigenvalue weighted by Crippen LogP contribution is -2.14. The highest BCUT2D eigenvalue weighted by Crippen LogP contribution is 2.50. The average molecular weight is 881 g/mol. The van der Waals surface area contributed by atoms with Gasteiger partial charge in [-0.15, -0.1) is 0 Å². The number of hydrogen-bond donors (Lipinski definition) is 0. The van der Waals surface area contributed by atoms with Crippen molar-refractivity contribution >= 4 is 49.6 Å². The van der Waals surface area contributed by atoms with Gasteiger partial charge in [-0.05, 0) is 133 Å². The summed E-state index contributed by atoms with van der Waals surface area (Å²) >= 11 is 0. The van der Waals surface area contributed by atoms with Crippen molar-refractivity contribution in [3.8, 4) is 61.3 Å². The van der Waals surface area contributed by atoms with Gasteiger partial charge in [0.15, 0.2) is 0 Å². The van der Waals surface area contributed by atoms with Crippen LogP contribution in [-0.4, -0.2) is 4.57 Å². The first kappa shape index (κ1) is 40.5. The van der Waals surface area contributed by atoms with E-state index in [0.29, 0.717) is 0 Å². The van der Waals surface area contributed by atoms with Crippen LogP contribution in [0.3, 0.4) is 0 Å². The minimum Gasteiger partial charge on any atom is -0.311 e. The predicted octanol–water partition coefficient (Wildman–Crippen LogP) is 18.4. The second-order valence-electron chi connectivity index (χ2n) is 18.9. The Labute approximate surface area is 403 Å². The van der Waals surface area contributed by atoms with Crippen LogP contribution >= 0.6 is 0 Å². The number of anilines is 3. The highest BCUT2D eigenvalue weighted by molar-refractivity contribution is 6.09. The molecule has 0 atom stereocenters. The molecule has 0 saturated carbocycles. The maximum absolute atomic E-state index is 2.41. The third-order valence-corrected chi connectivity index (χ3v) is 14.6. The summed E-state index contributed by atoms with van der Waals surface area (Å²) in [6, 6.07) is 93.5. The Morgan fingerprint density at radius 1 is 0.304 bits per heavy atom. The summed E-state index contributed by atoms with van der Waals surface area (Å²) in [6.07, 6.45) is 0. The lowest BCUT2D eigenvalue weighted by Gasteiger charge is -2.26. The van der Waals surface area contributed by atoms with E-state index in [2.05, 4.69) is 278 Å². The van der Waals surface area contributed by atoms with Gasteiger partial charge in [0.05, 0.1) is 16.7 Å². The molecule has 2 heteroatoms. The molecule has 69 heavy (non-hydrogen) atoms. The zero-order chi connectivity index (χ0) is 46.1. The first-order valence-electron chi connectivity index (χ1n) is 24.0. The van der Waals surface area contributed by atoms with Crippen molar-refractivity contribution in [2.75, 3.05) is 4.90 Å². The number of nitrogens with zero attached hydrogens (tertiary/aromatic N) is 2. The fraction of sp³-hybridized carbons (Fsp3) is 0.0448. The Morgan fingerprint density at radius 2 is 0.725 bits per heavy atom. The van der Waals surface area contributed by atoms with E-state index in [1.165, 1.54) is 105 Å². The summed E-state index contributed by atoms with van der Waals surface area (Å²) in [5, 5.41) is 5.04. The summed E-state index contributed by atoms with van der Waals surface area (Å²) in [4.78, 5) is 2.37. The van der Waals surface area contributed by atoms with Crippen molar-refractivity contribution in [1.82, 2.24) is 4.57 Å². The van der Waals surface area contributed by atoms with E-state index in [4.69, 9.17) is 0 Å². The van der Waals surface area contributed by atoms with E-state index in [-0.39, 0.29) is 5.41 Å². The fourth-order valence-electron chi connectivity index (χ4n) is 11.1. The van der Waals surface area contributed by atoms with Crippen LogP contribution in [0.5, 0.6) is 0 Å². The van der Waals surface area contributed by atoms with Crippen LogP contribution < -0.4 is 4.90 Å². The van der Waals surface area contributed by atoms with E-state index < -0.39 is 0 Å². The van der Waals surface area contributed by atoms with Gasteiger partial charge in [0, 0.05) is 38.8 Å². The third-order valence-electron chi connectivity index (χ3n) is 14.6. The molecule has 1 aliphatic carbocycles. The smallest absolute Gasteiger partial charge is 0.0541 e. The highest BCUT2D eigenvalue weighted by Gasteiger charge is 2.35. The van der Waals surface area contributed by atoms with Gasteiger partial charge < -0.3 is 9.47 Å². The van der Waals surface area contributed by atoms with Gasteiger partial charge in [-0.25, -0.2) is 0 Å². The van der Waals surface area contributed by atoms with E-state index in [0.717, 1.165) is 17.1 Å². The SMILES string of the molecule is CC1(C)c2ccccc2-c2ccc(-c3ccc(N(c4ccc(-c5ccc(-c6ccccc6-n6c7ccccc7c7ccccc76)cc5)cc4)c4ccc(-c5cccc6ccccc56)cc4)cc3)cc21. The number of rotatable bonds is 8. The highest BCUT2D eigenvalue weighted by atomic mass is 15.1. The summed E-state index contributed by atoms with van der Waals surface area (Å²) in [7, 11) is 0.